The molecule has 0 fully saturated rings. The summed E-state index contributed by atoms with van der Waals surface area (Å²) in [4.78, 5) is 26.4. The van der Waals surface area contributed by atoms with Crippen molar-refractivity contribution >= 4 is 34.1 Å². The highest BCUT2D eigenvalue weighted by Gasteiger charge is 2.22. The third kappa shape index (κ3) is 4.49. The normalized spacial score (nSPS) is 12.1. The van der Waals surface area contributed by atoms with Gasteiger partial charge in [-0.05, 0) is 29.3 Å². The van der Waals surface area contributed by atoms with Gasteiger partial charge in [-0.3, -0.25) is 14.9 Å². The number of methoxy groups -OCH3 is 1. The molecule has 8 heteroatoms. The van der Waals surface area contributed by atoms with Gasteiger partial charge < -0.3 is 15.0 Å². The molecule has 0 aliphatic carbocycles. The number of amides is 1. The second kappa shape index (κ2) is 8.86. The Morgan fingerprint density at radius 2 is 2.04 bits per heavy atom. The minimum atomic E-state index is -0.426. The first kappa shape index (κ1) is 19.9. The third-order valence-corrected chi connectivity index (χ3v) is 4.83. The fourth-order valence-corrected chi connectivity index (χ4v) is 3.31. The van der Waals surface area contributed by atoms with Crippen molar-refractivity contribution in [2.24, 2.45) is 0 Å². The van der Waals surface area contributed by atoms with Crippen LogP contribution in [0.2, 0.25) is 5.02 Å². The summed E-state index contributed by atoms with van der Waals surface area (Å²) in [5.41, 5.74) is 2.51. The number of carbonyl (C=O) groups excluding carboxylic acids is 1. The molecule has 1 atom stereocenters. The molecule has 0 bridgehead atoms. The molecule has 0 saturated heterocycles. The van der Waals surface area contributed by atoms with Crippen LogP contribution in [0.25, 0.3) is 10.9 Å². The second-order valence-electron chi connectivity index (χ2n) is 6.38. The van der Waals surface area contributed by atoms with Crippen LogP contribution >= 0.6 is 11.6 Å². The summed E-state index contributed by atoms with van der Waals surface area (Å²) in [7, 11) is 1.57. The number of fused-ring (bicyclic) bond motifs is 1. The maximum absolute atomic E-state index is 12.5. The highest BCUT2D eigenvalue weighted by Crippen LogP contribution is 2.35. The molecule has 0 spiro atoms. The number of ether oxygens (including phenoxy) is 1. The Labute approximate surface area is 166 Å². The molecule has 2 N–H and O–H groups in total. The molecule has 3 rings (SSSR count). The van der Waals surface area contributed by atoms with E-state index in [1.54, 1.807) is 31.5 Å². The van der Waals surface area contributed by atoms with Gasteiger partial charge in [0.05, 0.1) is 11.5 Å². The molecule has 146 valence electrons. The summed E-state index contributed by atoms with van der Waals surface area (Å²) in [5, 5.41) is 15.3. The highest BCUT2D eigenvalue weighted by atomic mass is 35.5. The number of nitrogens with one attached hydrogen (secondary N) is 2. The lowest BCUT2D eigenvalue weighted by molar-refractivity contribution is -0.384. The fraction of sp³-hybridized carbons (Fsp3) is 0.250. The summed E-state index contributed by atoms with van der Waals surface area (Å²) in [5.74, 6) is -0.410. The van der Waals surface area contributed by atoms with E-state index in [1.165, 1.54) is 12.1 Å². The molecule has 7 nitrogen and oxygen atoms in total. The van der Waals surface area contributed by atoms with Crippen LogP contribution in [0, 0.1) is 10.1 Å². The molecule has 1 amide bonds. The maximum Gasteiger partial charge on any atom is 0.270 e. The Balaban J connectivity index is 1.99. The van der Waals surface area contributed by atoms with Gasteiger partial charge in [0.2, 0.25) is 5.91 Å². The van der Waals surface area contributed by atoms with E-state index < -0.39 is 4.92 Å². The standard InChI is InChI=1S/C20H20ClN3O4/c1-28-9-8-22-20(25)11-16(13-2-4-14(21)5-3-13)18-12-23-19-7-6-15(24(26)27)10-17(18)19/h2-7,10,12,16,23H,8-9,11H2,1H3,(H,22,25)/t16-/m1/s1. The smallest absolute Gasteiger partial charge is 0.270 e. The number of nitro groups is 1. The number of aromatic nitrogens is 1. The van der Waals surface area contributed by atoms with Crippen molar-refractivity contribution in [2.75, 3.05) is 20.3 Å². The largest absolute Gasteiger partial charge is 0.383 e. The number of nitro benzene ring substituents is 1. The maximum atomic E-state index is 12.5. The van der Waals surface area contributed by atoms with Gasteiger partial charge in [-0.25, -0.2) is 0 Å². The van der Waals surface area contributed by atoms with E-state index in [4.69, 9.17) is 16.3 Å². The van der Waals surface area contributed by atoms with Crippen LogP contribution < -0.4 is 5.32 Å². The van der Waals surface area contributed by atoms with E-state index in [2.05, 4.69) is 10.3 Å². The Morgan fingerprint density at radius 3 is 2.71 bits per heavy atom. The lowest BCUT2D eigenvalue weighted by Crippen LogP contribution is -2.28. The van der Waals surface area contributed by atoms with Gasteiger partial charge in [0.25, 0.3) is 5.69 Å². The first-order valence-corrected chi connectivity index (χ1v) is 9.14. The van der Waals surface area contributed by atoms with Crippen LogP contribution in [0.1, 0.15) is 23.5 Å². The molecule has 0 unspecified atom stereocenters. The summed E-state index contributed by atoms with van der Waals surface area (Å²) in [6, 6.07) is 11.9. The third-order valence-electron chi connectivity index (χ3n) is 4.57. The Morgan fingerprint density at radius 1 is 1.29 bits per heavy atom. The van der Waals surface area contributed by atoms with Crippen molar-refractivity contribution in [3.63, 3.8) is 0 Å². The summed E-state index contributed by atoms with van der Waals surface area (Å²) in [6.45, 7) is 0.846. The SMILES string of the molecule is COCCNC(=O)C[C@H](c1ccc(Cl)cc1)c1c[nH]c2ccc([N+](=O)[O-])cc12. The van der Waals surface area contributed by atoms with Crippen LogP contribution in [-0.2, 0) is 9.53 Å². The number of non-ortho nitro benzene ring substituents is 1. The van der Waals surface area contributed by atoms with Gasteiger partial charge in [-0.15, -0.1) is 0 Å². The summed E-state index contributed by atoms with van der Waals surface area (Å²) in [6.07, 6.45) is 2.00. The predicted octanol–water partition coefficient (Wildman–Crippen LogP) is 4.01. The number of H-pyrrole nitrogens is 1. The first-order valence-electron chi connectivity index (χ1n) is 8.76. The number of carbonyl (C=O) groups is 1. The van der Waals surface area contributed by atoms with Gasteiger partial charge >= 0.3 is 0 Å². The van der Waals surface area contributed by atoms with Crippen LogP contribution in [0.15, 0.2) is 48.7 Å². The molecule has 28 heavy (non-hydrogen) atoms. The van der Waals surface area contributed by atoms with E-state index in [9.17, 15) is 14.9 Å². The highest BCUT2D eigenvalue weighted by molar-refractivity contribution is 6.30. The van der Waals surface area contributed by atoms with Crippen molar-refractivity contribution < 1.29 is 14.5 Å². The fourth-order valence-electron chi connectivity index (χ4n) is 3.18. The first-order chi connectivity index (χ1) is 13.5. The molecule has 0 radical (unpaired) electrons. The van der Waals surface area contributed by atoms with Crippen LogP contribution in [0.3, 0.4) is 0 Å². The van der Waals surface area contributed by atoms with Gasteiger partial charge in [-0.1, -0.05) is 23.7 Å². The molecular formula is C20H20ClN3O4. The number of hydrogen-bond donors (Lipinski definition) is 2. The second-order valence-corrected chi connectivity index (χ2v) is 6.82. The minimum Gasteiger partial charge on any atom is -0.383 e. The monoisotopic (exact) mass is 401 g/mol. The molecule has 0 aliphatic rings. The average Bonchev–Trinajstić information content (AvgIpc) is 3.10. The molecule has 3 aromatic rings. The van der Waals surface area contributed by atoms with E-state index >= 15 is 0 Å². The van der Waals surface area contributed by atoms with Crippen LogP contribution in [0.4, 0.5) is 5.69 Å². The lowest BCUT2D eigenvalue weighted by atomic mass is 9.88. The molecule has 2 aromatic carbocycles. The minimum absolute atomic E-state index is 0.00718. The zero-order chi connectivity index (χ0) is 20.1. The van der Waals surface area contributed by atoms with E-state index in [1.807, 2.05) is 12.1 Å². The van der Waals surface area contributed by atoms with Crippen molar-refractivity contribution in [2.45, 2.75) is 12.3 Å². The van der Waals surface area contributed by atoms with Crippen molar-refractivity contribution in [1.29, 1.82) is 0 Å². The van der Waals surface area contributed by atoms with Crippen molar-refractivity contribution in [3.05, 3.63) is 74.9 Å². The van der Waals surface area contributed by atoms with Crippen molar-refractivity contribution in [3.8, 4) is 0 Å². The number of benzene rings is 2. The molecular weight excluding hydrogens is 382 g/mol. The number of rotatable bonds is 8. The summed E-state index contributed by atoms with van der Waals surface area (Å²) >= 11 is 6.01. The Bertz CT molecular complexity index is 985. The molecule has 1 heterocycles. The van der Waals surface area contributed by atoms with Crippen LogP contribution in [-0.4, -0.2) is 36.1 Å². The molecule has 0 aliphatic heterocycles. The average molecular weight is 402 g/mol. The van der Waals surface area contributed by atoms with E-state index in [0.717, 1.165) is 22.0 Å². The number of aromatic amines is 1. The van der Waals surface area contributed by atoms with Gasteiger partial charge in [-0.2, -0.15) is 0 Å². The van der Waals surface area contributed by atoms with Crippen molar-refractivity contribution in [1.82, 2.24) is 10.3 Å². The Kier molecular flexibility index (Phi) is 6.28. The topological polar surface area (TPSA) is 97.3 Å². The lowest BCUT2D eigenvalue weighted by Gasteiger charge is -2.17. The number of nitrogens with zero attached hydrogens (tertiary/aromatic N) is 1. The van der Waals surface area contributed by atoms with Crippen LogP contribution in [0.5, 0.6) is 0 Å². The van der Waals surface area contributed by atoms with Gasteiger partial charge in [0.1, 0.15) is 0 Å². The number of hydrogen-bond acceptors (Lipinski definition) is 4. The van der Waals surface area contributed by atoms with Gasteiger partial charge in [0, 0.05) is 60.2 Å². The molecule has 0 saturated carbocycles. The predicted molar refractivity (Wildman–Crippen MR) is 108 cm³/mol. The van der Waals surface area contributed by atoms with Gasteiger partial charge in [0.15, 0.2) is 0 Å². The van der Waals surface area contributed by atoms with E-state index in [-0.39, 0.29) is 23.9 Å². The van der Waals surface area contributed by atoms with E-state index in [0.29, 0.717) is 18.2 Å². The quantitative estimate of drug-likeness (QED) is 0.338. The zero-order valence-corrected chi connectivity index (χ0v) is 16.0. The molecule has 1 aromatic heterocycles. The zero-order valence-electron chi connectivity index (χ0n) is 15.3. The Hall–Kier alpha value is -2.90. The summed E-state index contributed by atoms with van der Waals surface area (Å²) < 4.78 is 4.96. The number of halogens is 1.